The summed E-state index contributed by atoms with van der Waals surface area (Å²) < 4.78 is 5.12. The Labute approximate surface area is 163 Å². The monoisotopic (exact) mass is 377 g/mol. The van der Waals surface area contributed by atoms with Crippen LogP contribution < -0.4 is 0 Å². The molecule has 2 saturated heterocycles. The molecule has 3 rings (SSSR count). The summed E-state index contributed by atoms with van der Waals surface area (Å²) in [6, 6.07) is 0.588. The number of nitrogens with one attached hydrogen (secondary N) is 1. The molecule has 1 atom stereocenters. The van der Waals surface area contributed by atoms with Crippen molar-refractivity contribution in [3.63, 3.8) is 0 Å². The largest absolute Gasteiger partial charge is 0.450 e. The molecule has 7 heteroatoms. The number of carbonyl (C=O) groups excluding carboxylic acids is 1. The Morgan fingerprint density at radius 3 is 2.81 bits per heavy atom. The summed E-state index contributed by atoms with van der Waals surface area (Å²) in [5, 5.41) is 0. The zero-order valence-electron chi connectivity index (χ0n) is 17.0. The second-order valence-electron chi connectivity index (χ2n) is 7.71. The average molecular weight is 378 g/mol. The Kier molecular flexibility index (Phi) is 7.52. The molecule has 0 aromatic carbocycles. The lowest BCUT2D eigenvalue weighted by molar-refractivity contribution is 0.0410. The van der Waals surface area contributed by atoms with Crippen LogP contribution in [-0.4, -0.2) is 82.7 Å². The van der Waals surface area contributed by atoms with Gasteiger partial charge in [-0.1, -0.05) is 13.3 Å². The Hall–Kier alpha value is -1.60. The van der Waals surface area contributed by atoms with Gasteiger partial charge >= 0.3 is 6.09 Å². The Balaban J connectivity index is 1.45. The lowest BCUT2D eigenvalue weighted by Crippen LogP contribution is -2.55. The first-order valence-corrected chi connectivity index (χ1v) is 10.6. The summed E-state index contributed by atoms with van der Waals surface area (Å²) in [5.74, 6) is 1.12. The second kappa shape index (κ2) is 10.1. The lowest BCUT2D eigenvalue weighted by Gasteiger charge is -2.43. The van der Waals surface area contributed by atoms with Gasteiger partial charge in [-0.3, -0.25) is 9.80 Å². The lowest BCUT2D eigenvalue weighted by atomic mass is 10.0. The molecule has 2 fully saturated rings. The van der Waals surface area contributed by atoms with Gasteiger partial charge in [-0.2, -0.15) is 0 Å². The van der Waals surface area contributed by atoms with Crippen LogP contribution in [0, 0.1) is 0 Å². The van der Waals surface area contributed by atoms with E-state index in [1.54, 1.807) is 0 Å². The number of piperidine rings is 1. The van der Waals surface area contributed by atoms with E-state index in [-0.39, 0.29) is 6.09 Å². The molecular formula is C20H35N5O2. The number of ether oxygens (including phenoxy) is 1. The molecule has 1 aromatic rings. The Morgan fingerprint density at radius 1 is 1.26 bits per heavy atom. The van der Waals surface area contributed by atoms with Crippen LogP contribution in [0.25, 0.3) is 0 Å². The number of likely N-dealkylation sites (tertiary alicyclic amines) is 1. The number of nitrogens with zero attached hydrogens (tertiary/aromatic N) is 4. The van der Waals surface area contributed by atoms with Crippen LogP contribution in [0.1, 0.15) is 51.0 Å². The van der Waals surface area contributed by atoms with E-state index in [2.05, 4.69) is 26.7 Å². The van der Waals surface area contributed by atoms with Crippen LogP contribution in [0.4, 0.5) is 4.79 Å². The number of hydrogen-bond acceptors (Lipinski definition) is 5. The Morgan fingerprint density at radius 2 is 2.07 bits per heavy atom. The highest BCUT2D eigenvalue weighted by Gasteiger charge is 2.29. The summed E-state index contributed by atoms with van der Waals surface area (Å²) in [5.41, 5.74) is 1.23. The molecule has 0 spiro atoms. The minimum absolute atomic E-state index is 0.166. The molecule has 0 aliphatic carbocycles. The van der Waals surface area contributed by atoms with E-state index in [1.165, 1.54) is 31.4 Å². The van der Waals surface area contributed by atoms with Crippen molar-refractivity contribution in [1.82, 2.24) is 24.7 Å². The van der Waals surface area contributed by atoms with E-state index < -0.39 is 0 Å². The van der Waals surface area contributed by atoms with Gasteiger partial charge in [0.2, 0.25) is 0 Å². The highest BCUT2D eigenvalue weighted by molar-refractivity contribution is 5.67. The number of imidazole rings is 1. The number of rotatable bonds is 7. The van der Waals surface area contributed by atoms with E-state index in [0.29, 0.717) is 12.6 Å². The predicted octanol–water partition coefficient (Wildman–Crippen LogP) is 2.49. The van der Waals surface area contributed by atoms with Gasteiger partial charge in [0.15, 0.2) is 0 Å². The third-order valence-electron chi connectivity index (χ3n) is 5.68. The second-order valence-corrected chi connectivity index (χ2v) is 7.71. The fraction of sp³-hybridized carbons (Fsp3) is 0.800. The van der Waals surface area contributed by atoms with Gasteiger partial charge in [-0.05, 0) is 32.7 Å². The van der Waals surface area contributed by atoms with E-state index in [0.717, 1.165) is 58.1 Å². The summed E-state index contributed by atoms with van der Waals surface area (Å²) >= 11 is 0. The molecule has 152 valence electrons. The molecule has 1 aromatic heterocycles. The molecule has 0 bridgehead atoms. The zero-order chi connectivity index (χ0) is 19.1. The number of aromatic nitrogens is 2. The molecular weight excluding hydrogens is 342 g/mol. The maximum absolute atomic E-state index is 11.9. The number of aryl methyl sites for hydroxylation is 1. The van der Waals surface area contributed by atoms with Gasteiger partial charge in [0.1, 0.15) is 5.82 Å². The standard InChI is InChI=1S/C20H35N5O2/c1-3-5-8-19-21-14-17(22-19)15-23-9-6-7-18(16-23)24-10-12-25(13-11-24)20(26)27-4-2/h14,18H,3-13,15-16H2,1-2H3,(H,21,22)/t18-/m1/s1. The molecule has 3 heterocycles. The first-order chi connectivity index (χ1) is 13.2. The summed E-state index contributed by atoms with van der Waals surface area (Å²) in [7, 11) is 0. The average Bonchev–Trinajstić information content (AvgIpc) is 3.14. The van der Waals surface area contributed by atoms with Crippen molar-refractivity contribution >= 4 is 6.09 Å². The number of hydrogen-bond donors (Lipinski definition) is 1. The molecule has 1 N–H and O–H groups in total. The number of piperazine rings is 1. The van der Waals surface area contributed by atoms with Crippen LogP contribution in [0.3, 0.4) is 0 Å². The third kappa shape index (κ3) is 5.69. The van der Waals surface area contributed by atoms with Crippen molar-refractivity contribution in [2.75, 3.05) is 45.9 Å². The van der Waals surface area contributed by atoms with Crippen LogP contribution in [0.2, 0.25) is 0 Å². The van der Waals surface area contributed by atoms with Gasteiger partial charge in [0, 0.05) is 63.6 Å². The van der Waals surface area contributed by atoms with Crippen molar-refractivity contribution in [3.05, 3.63) is 17.7 Å². The van der Waals surface area contributed by atoms with Crippen molar-refractivity contribution in [1.29, 1.82) is 0 Å². The maximum Gasteiger partial charge on any atom is 0.409 e. The Bertz CT molecular complexity index is 583. The molecule has 7 nitrogen and oxygen atoms in total. The normalized spacial score (nSPS) is 22.1. The summed E-state index contributed by atoms with van der Waals surface area (Å²) in [6.07, 6.45) is 7.76. The molecule has 0 unspecified atom stereocenters. The number of H-pyrrole nitrogens is 1. The van der Waals surface area contributed by atoms with Crippen molar-refractivity contribution in [2.45, 2.75) is 58.5 Å². The minimum Gasteiger partial charge on any atom is -0.450 e. The third-order valence-corrected chi connectivity index (χ3v) is 5.68. The highest BCUT2D eigenvalue weighted by atomic mass is 16.6. The van der Waals surface area contributed by atoms with E-state index in [1.807, 2.05) is 18.0 Å². The van der Waals surface area contributed by atoms with E-state index in [9.17, 15) is 4.79 Å². The first kappa shape index (κ1) is 20.1. The number of amides is 1. The SMILES string of the molecule is CCCCc1ncc(CN2CCC[C@@H](N3CCN(C(=O)OCC)CC3)C2)[nH]1. The van der Waals surface area contributed by atoms with E-state index in [4.69, 9.17) is 4.74 Å². The number of unbranched alkanes of at least 4 members (excludes halogenated alkanes) is 1. The van der Waals surface area contributed by atoms with Crippen molar-refractivity contribution in [3.8, 4) is 0 Å². The quantitative estimate of drug-likeness (QED) is 0.791. The van der Waals surface area contributed by atoms with Gasteiger partial charge < -0.3 is 14.6 Å². The predicted molar refractivity (Wildman–Crippen MR) is 106 cm³/mol. The van der Waals surface area contributed by atoms with Crippen LogP contribution in [0.15, 0.2) is 6.20 Å². The van der Waals surface area contributed by atoms with Crippen LogP contribution >= 0.6 is 0 Å². The smallest absolute Gasteiger partial charge is 0.409 e. The van der Waals surface area contributed by atoms with Gasteiger partial charge in [-0.15, -0.1) is 0 Å². The fourth-order valence-corrected chi connectivity index (χ4v) is 4.16. The minimum atomic E-state index is -0.166. The van der Waals surface area contributed by atoms with Gasteiger partial charge in [0.25, 0.3) is 0 Å². The molecule has 0 saturated carbocycles. The highest BCUT2D eigenvalue weighted by Crippen LogP contribution is 2.19. The fourth-order valence-electron chi connectivity index (χ4n) is 4.16. The van der Waals surface area contributed by atoms with Gasteiger partial charge in [-0.25, -0.2) is 9.78 Å². The maximum atomic E-state index is 11.9. The van der Waals surface area contributed by atoms with Gasteiger partial charge in [0.05, 0.1) is 6.61 Å². The molecule has 0 radical (unpaired) electrons. The molecule has 2 aliphatic rings. The summed E-state index contributed by atoms with van der Waals surface area (Å²) in [6.45, 7) is 11.2. The number of aromatic amines is 1. The van der Waals surface area contributed by atoms with Crippen molar-refractivity contribution in [2.24, 2.45) is 0 Å². The van der Waals surface area contributed by atoms with Crippen LogP contribution in [0.5, 0.6) is 0 Å². The summed E-state index contributed by atoms with van der Waals surface area (Å²) in [4.78, 5) is 26.8. The zero-order valence-corrected chi connectivity index (χ0v) is 17.0. The first-order valence-electron chi connectivity index (χ1n) is 10.6. The van der Waals surface area contributed by atoms with Crippen LogP contribution in [-0.2, 0) is 17.7 Å². The van der Waals surface area contributed by atoms with E-state index >= 15 is 0 Å². The molecule has 1 amide bonds. The topological polar surface area (TPSA) is 64.7 Å². The molecule has 2 aliphatic heterocycles. The molecule has 27 heavy (non-hydrogen) atoms. The van der Waals surface area contributed by atoms with Crippen molar-refractivity contribution < 1.29 is 9.53 Å². The number of carbonyl (C=O) groups is 1.